The van der Waals surface area contributed by atoms with Crippen molar-refractivity contribution in [3.63, 3.8) is 0 Å². The molecule has 146 valence electrons. The maximum atomic E-state index is 12.8. The minimum absolute atomic E-state index is 0.0421. The summed E-state index contributed by atoms with van der Waals surface area (Å²) < 4.78 is 27.1. The van der Waals surface area contributed by atoms with Gasteiger partial charge in [0.05, 0.1) is 5.75 Å². The lowest BCUT2D eigenvalue weighted by Crippen LogP contribution is -2.49. The first kappa shape index (κ1) is 19.6. The first-order valence-corrected chi connectivity index (χ1v) is 10.7. The first-order chi connectivity index (χ1) is 12.7. The van der Waals surface area contributed by atoms with Crippen LogP contribution >= 0.6 is 0 Å². The second-order valence-electron chi connectivity index (χ2n) is 7.19. The molecule has 3 rings (SSSR count). The van der Waals surface area contributed by atoms with Gasteiger partial charge in [-0.1, -0.05) is 29.8 Å². The van der Waals surface area contributed by atoms with Crippen molar-refractivity contribution in [2.24, 2.45) is 0 Å². The highest BCUT2D eigenvalue weighted by Crippen LogP contribution is 2.19. The average Bonchev–Trinajstić information content (AvgIpc) is 2.61. The van der Waals surface area contributed by atoms with Gasteiger partial charge in [-0.05, 0) is 19.4 Å². The molecule has 1 aliphatic heterocycles. The molecule has 0 N–H and O–H groups in total. The van der Waals surface area contributed by atoms with Crippen LogP contribution in [-0.4, -0.2) is 63.0 Å². The van der Waals surface area contributed by atoms with E-state index in [1.54, 1.807) is 4.31 Å². The van der Waals surface area contributed by atoms with Crippen molar-refractivity contribution >= 4 is 21.8 Å². The number of aryl methyl sites for hydroxylation is 2. The predicted octanol–water partition coefficient (Wildman–Crippen LogP) is 1.81. The number of hydrogen-bond acceptors (Lipinski definition) is 6. The van der Waals surface area contributed by atoms with E-state index in [0.29, 0.717) is 32.1 Å². The van der Waals surface area contributed by atoms with Crippen LogP contribution in [0.2, 0.25) is 0 Å². The van der Waals surface area contributed by atoms with Crippen LogP contribution in [0.1, 0.15) is 16.8 Å². The number of anilines is 2. The van der Waals surface area contributed by atoms with Gasteiger partial charge < -0.3 is 9.80 Å². The zero-order valence-electron chi connectivity index (χ0n) is 16.4. The highest BCUT2D eigenvalue weighted by molar-refractivity contribution is 7.88. The molecular weight excluding hydrogens is 362 g/mol. The first-order valence-electron chi connectivity index (χ1n) is 9.06. The maximum absolute atomic E-state index is 12.8. The molecule has 0 aliphatic carbocycles. The Morgan fingerprint density at radius 1 is 1.04 bits per heavy atom. The van der Waals surface area contributed by atoms with Gasteiger partial charge in [0, 0.05) is 52.0 Å². The van der Waals surface area contributed by atoms with Crippen molar-refractivity contribution in [2.75, 3.05) is 50.1 Å². The molecule has 0 amide bonds. The molecule has 27 heavy (non-hydrogen) atoms. The fourth-order valence-corrected chi connectivity index (χ4v) is 4.68. The molecule has 0 unspecified atom stereocenters. The topological polar surface area (TPSA) is 69.6 Å². The SMILES string of the molecule is Cc1cccc(CS(=O)(=O)N2CCN(c3nc(C)cc(N(C)C)n3)CC2)c1. The summed E-state index contributed by atoms with van der Waals surface area (Å²) >= 11 is 0. The van der Waals surface area contributed by atoms with Gasteiger partial charge in [0.25, 0.3) is 0 Å². The van der Waals surface area contributed by atoms with Crippen LogP contribution in [-0.2, 0) is 15.8 Å². The van der Waals surface area contributed by atoms with Gasteiger partial charge in [-0.15, -0.1) is 0 Å². The predicted molar refractivity (Wildman–Crippen MR) is 109 cm³/mol. The Labute approximate surface area is 161 Å². The van der Waals surface area contributed by atoms with E-state index in [4.69, 9.17) is 0 Å². The summed E-state index contributed by atoms with van der Waals surface area (Å²) in [5, 5.41) is 0. The number of nitrogens with zero attached hydrogens (tertiary/aromatic N) is 5. The average molecular weight is 390 g/mol. The van der Waals surface area contributed by atoms with Crippen molar-refractivity contribution < 1.29 is 8.42 Å². The normalized spacial score (nSPS) is 15.8. The monoisotopic (exact) mass is 389 g/mol. The van der Waals surface area contributed by atoms with Crippen molar-refractivity contribution in [1.82, 2.24) is 14.3 Å². The van der Waals surface area contributed by atoms with Crippen molar-refractivity contribution in [3.8, 4) is 0 Å². The van der Waals surface area contributed by atoms with Gasteiger partial charge in [-0.3, -0.25) is 0 Å². The molecule has 1 fully saturated rings. The fourth-order valence-electron chi connectivity index (χ4n) is 3.18. The van der Waals surface area contributed by atoms with E-state index in [1.807, 2.05) is 63.2 Å². The molecule has 0 atom stereocenters. The molecule has 8 heteroatoms. The minimum Gasteiger partial charge on any atom is -0.363 e. The van der Waals surface area contributed by atoms with Crippen LogP contribution in [0.15, 0.2) is 30.3 Å². The second kappa shape index (κ2) is 7.82. The van der Waals surface area contributed by atoms with E-state index in [0.717, 1.165) is 22.6 Å². The van der Waals surface area contributed by atoms with Gasteiger partial charge in [0.2, 0.25) is 16.0 Å². The Morgan fingerprint density at radius 2 is 1.74 bits per heavy atom. The number of piperazine rings is 1. The van der Waals surface area contributed by atoms with Gasteiger partial charge in [0.15, 0.2) is 0 Å². The highest BCUT2D eigenvalue weighted by atomic mass is 32.2. The third-order valence-electron chi connectivity index (χ3n) is 4.63. The van der Waals surface area contributed by atoms with E-state index in [1.165, 1.54) is 0 Å². The smallest absolute Gasteiger partial charge is 0.227 e. The lowest BCUT2D eigenvalue weighted by molar-refractivity contribution is 0.382. The molecule has 0 spiro atoms. The van der Waals surface area contributed by atoms with Crippen molar-refractivity contribution in [1.29, 1.82) is 0 Å². The van der Waals surface area contributed by atoms with E-state index in [9.17, 15) is 8.42 Å². The molecule has 2 heterocycles. The Bertz CT molecular complexity index is 906. The van der Waals surface area contributed by atoms with Gasteiger partial charge in [0.1, 0.15) is 5.82 Å². The fraction of sp³-hybridized carbons (Fsp3) is 0.474. The molecule has 1 aromatic carbocycles. The Hall–Kier alpha value is -2.19. The quantitative estimate of drug-likeness (QED) is 0.777. The van der Waals surface area contributed by atoms with Crippen molar-refractivity contribution in [2.45, 2.75) is 19.6 Å². The summed E-state index contributed by atoms with van der Waals surface area (Å²) in [5.41, 5.74) is 2.80. The summed E-state index contributed by atoms with van der Waals surface area (Å²) in [7, 11) is 0.561. The van der Waals surface area contributed by atoms with Crippen molar-refractivity contribution in [3.05, 3.63) is 47.2 Å². The zero-order chi connectivity index (χ0) is 19.6. The van der Waals surface area contributed by atoms with Crippen LogP contribution in [0.3, 0.4) is 0 Å². The zero-order valence-corrected chi connectivity index (χ0v) is 17.2. The van der Waals surface area contributed by atoms with Crippen LogP contribution in [0.4, 0.5) is 11.8 Å². The van der Waals surface area contributed by atoms with E-state index in [-0.39, 0.29) is 5.75 Å². The Morgan fingerprint density at radius 3 is 2.37 bits per heavy atom. The maximum Gasteiger partial charge on any atom is 0.227 e. The second-order valence-corrected chi connectivity index (χ2v) is 9.16. The molecule has 1 aromatic heterocycles. The van der Waals surface area contributed by atoms with Crippen LogP contribution in [0, 0.1) is 13.8 Å². The molecule has 0 radical (unpaired) electrons. The lowest BCUT2D eigenvalue weighted by Gasteiger charge is -2.34. The van der Waals surface area contributed by atoms with E-state index >= 15 is 0 Å². The summed E-state index contributed by atoms with van der Waals surface area (Å²) in [6.45, 7) is 5.98. The standard InChI is InChI=1S/C19H27N5O2S/c1-15-6-5-7-17(12-15)14-27(25,26)24-10-8-23(9-11-24)19-20-16(2)13-18(21-19)22(3)4/h5-7,12-13H,8-11,14H2,1-4H3. The van der Waals surface area contributed by atoms with Crippen LogP contribution < -0.4 is 9.80 Å². The van der Waals surface area contributed by atoms with Gasteiger partial charge in [-0.25, -0.2) is 13.4 Å². The number of hydrogen-bond donors (Lipinski definition) is 0. The molecular formula is C19H27N5O2S. The number of aromatic nitrogens is 2. The molecule has 1 saturated heterocycles. The largest absolute Gasteiger partial charge is 0.363 e. The van der Waals surface area contributed by atoms with Crippen LogP contribution in [0.5, 0.6) is 0 Å². The Kier molecular flexibility index (Phi) is 5.67. The molecule has 1 aliphatic rings. The van der Waals surface area contributed by atoms with Crippen LogP contribution in [0.25, 0.3) is 0 Å². The molecule has 2 aromatic rings. The minimum atomic E-state index is -3.33. The summed E-state index contributed by atoms with van der Waals surface area (Å²) in [4.78, 5) is 13.1. The third-order valence-corrected chi connectivity index (χ3v) is 6.48. The van der Waals surface area contributed by atoms with Gasteiger partial charge in [-0.2, -0.15) is 9.29 Å². The highest BCUT2D eigenvalue weighted by Gasteiger charge is 2.28. The van der Waals surface area contributed by atoms with E-state index < -0.39 is 10.0 Å². The third kappa shape index (κ3) is 4.75. The number of benzene rings is 1. The Balaban J connectivity index is 1.68. The molecule has 7 nitrogen and oxygen atoms in total. The number of rotatable bonds is 5. The van der Waals surface area contributed by atoms with Gasteiger partial charge >= 0.3 is 0 Å². The lowest BCUT2D eigenvalue weighted by atomic mass is 10.2. The molecule has 0 bridgehead atoms. The molecule has 0 saturated carbocycles. The number of sulfonamides is 1. The summed E-state index contributed by atoms with van der Waals surface area (Å²) in [6.07, 6.45) is 0. The van der Waals surface area contributed by atoms with E-state index in [2.05, 4.69) is 14.9 Å². The summed E-state index contributed by atoms with van der Waals surface area (Å²) in [6, 6.07) is 9.60. The summed E-state index contributed by atoms with van der Waals surface area (Å²) in [5.74, 6) is 1.56.